The van der Waals surface area contributed by atoms with Crippen molar-refractivity contribution in [1.29, 1.82) is 0 Å². The monoisotopic (exact) mass is 677 g/mol. The summed E-state index contributed by atoms with van der Waals surface area (Å²) >= 11 is 0. The molecule has 9 aromatic carbocycles. The van der Waals surface area contributed by atoms with Gasteiger partial charge in [-0.15, -0.1) is 0 Å². The van der Waals surface area contributed by atoms with Crippen LogP contribution in [0.2, 0.25) is 0 Å². The Bertz CT molecular complexity index is 3090. The van der Waals surface area contributed by atoms with Crippen LogP contribution in [0.1, 0.15) is 25.0 Å². The molecule has 1 aliphatic rings. The van der Waals surface area contributed by atoms with E-state index in [9.17, 15) is 0 Å². The highest BCUT2D eigenvalue weighted by Crippen LogP contribution is 2.52. The zero-order chi connectivity index (χ0) is 35.3. The Labute approximate surface area is 308 Å². The summed E-state index contributed by atoms with van der Waals surface area (Å²) in [5, 5.41) is 9.73. The topological polar surface area (TPSA) is 16.4 Å². The van der Waals surface area contributed by atoms with Crippen LogP contribution in [0.3, 0.4) is 0 Å². The van der Waals surface area contributed by atoms with Gasteiger partial charge in [0.05, 0.1) is 5.69 Å². The van der Waals surface area contributed by atoms with Crippen LogP contribution in [0.15, 0.2) is 180 Å². The summed E-state index contributed by atoms with van der Waals surface area (Å²) in [5.74, 6) is 0. The van der Waals surface area contributed by atoms with Crippen LogP contribution in [0.5, 0.6) is 0 Å². The van der Waals surface area contributed by atoms with Crippen LogP contribution in [0, 0.1) is 0 Å². The van der Waals surface area contributed by atoms with Crippen molar-refractivity contribution in [2.75, 3.05) is 4.90 Å². The third kappa shape index (κ3) is 4.33. The Morgan fingerprint density at radius 3 is 1.87 bits per heavy atom. The van der Waals surface area contributed by atoms with Crippen molar-refractivity contribution in [3.8, 4) is 22.3 Å². The summed E-state index contributed by atoms with van der Waals surface area (Å²) in [6.07, 6.45) is 0. The van der Waals surface area contributed by atoms with E-state index in [1.165, 1.54) is 71.1 Å². The van der Waals surface area contributed by atoms with E-state index in [1.54, 1.807) is 0 Å². The van der Waals surface area contributed by atoms with Gasteiger partial charge in [-0.2, -0.15) is 0 Å². The van der Waals surface area contributed by atoms with Gasteiger partial charge < -0.3 is 9.32 Å². The fourth-order valence-electron chi connectivity index (χ4n) is 9.17. The standard InChI is InChI=1S/C51H35NO/c1-51(2)44-21-11-8-18-38(44)39-27-25-34(31-45(39)51)52(46-22-12-9-16-35(46)32-14-4-3-5-15-32)33-24-26-37-36-17-6-7-19-40(36)49-41(43(37)30-33)28-29-48-50(49)42-20-10-13-23-47(42)53-48/h3-31H,1-2H3. The molecule has 0 bridgehead atoms. The smallest absolute Gasteiger partial charge is 0.136 e. The van der Waals surface area contributed by atoms with Crippen LogP contribution < -0.4 is 4.90 Å². The first kappa shape index (κ1) is 30.0. The molecule has 1 aromatic heterocycles. The summed E-state index contributed by atoms with van der Waals surface area (Å²) < 4.78 is 6.42. The summed E-state index contributed by atoms with van der Waals surface area (Å²) in [5.41, 5.74) is 12.9. The second kappa shape index (κ2) is 11.2. The SMILES string of the molecule is CC1(C)c2ccccc2-c2ccc(N(c3ccc4c5ccccc5c5c(ccc6oc7ccccc7c65)c4c3)c3ccccc3-c3ccccc3)cc21. The van der Waals surface area contributed by atoms with Gasteiger partial charge in [0.2, 0.25) is 0 Å². The van der Waals surface area contributed by atoms with E-state index in [2.05, 4.69) is 189 Å². The van der Waals surface area contributed by atoms with Crippen molar-refractivity contribution in [3.63, 3.8) is 0 Å². The van der Waals surface area contributed by atoms with E-state index in [1.807, 2.05) is 6.07 Å². The Hall–Kier alpha value is -6.64. The first-order valence-corrected chi connectivity index (χ1v) is 18.4. The molecule has 0 spiro atoms. The fourth-order valence-corrected chi connectivity index (χ4v) is 9.17. The Morgan fingerprint density at radius 2 is 1.00 bits per heavy atom. The molecule has 250 valence electrons. The van der Waals surface area contributed by atoms with Crippen molar-refractivity contribution in [3.05, 3.63) is 187 Å². The van der Waals surface area contributed by atoms with Crippen LogP contribution in [-0.4, -0.2) is 0 Å². The van der Waals surface area contributed by atoms with Gasteiger partial charge in [0.15, 0.2) is 0 Å². The second-order valence-corrected chi connectivity index (χ2v) is 14.9. The minimum Gasteiger partial charge on any atom is -0.456 e. The number of fused-ring (bicyclic) bond motifs is 13. The molecular formula is C51H35NO. The number of hydrogen-bond donors (Lipinski definition) is 0. The van der Waals surface area contributed by atoms with E-state index in [0.29, 0.717) is 0 Å². The molecule has 0 amide bonds. The number of hydrogen-bond acceptors (Lipinski definition) is 2. The molecule has 53 heavy (non-hydrogen) atoms. The third-order valence-corrected chi connectivity index (χ3v) is 11.6. The predicted octanol–water partition coefficient (Wildman–Crippen LogP) is 14.5. The van der Waals surface area contributed by atoms with Crippen LogP contribution in [0.25, 0.3) is 76.5 Å². The van der Waals surface area contributed by atoms with E-state index in [-0.39, 0.29) is 5.41 Å². The molecule has 0 radical (unpaired) electrons. The maximum absolute atomic E-state index is 6.42. The molecule has 2 nitrogen and oxygen atoms in total. The normalized spacial score (nSPS) is 13.2. The number of rotatable bonds is 4. The molecule has 10 aromatic rings. The highest BCUT2D eigenvalue weighted by atomic mass is 16.3. The molecule has 0 saturated carbocycles. The van der Waals surface area contributed by atoms with Crippen molar-refractivity contribution >= 4 is 71.3 Å². The molecular weight excluding hydrogens is 643 g/mol. The summed E-state index contributed by atoms with van der Waals surface area (Å²) in [7, 11) is 0. The second-order valence-electron chi connectivity index (χ2n) is 14.9. The van der Waals surface area contributed by atoms with E-state index in [0.717, 1.165) is 33.6 Å². The number of furan rings is 1. The fraction of sp³-hybridized carbons (Fsp3) is 0.0588. The summed E-state index contributed by atoms with van der Waals surface area (Å²) in [6, 6.07) is 64.2. The number of para-hydroxylation sites is 2. The number of benzene rings is 9. The molecule has 0 fully saturated rings. The maximum Gasteiger partial charge on any atom is 0.136 e. The first-order valence-electron chi connectivity index (χ1n) is 18.4. The Morgan fingerprint density at radius 1 is 0.396 bits per heavy atom. The highest BCUT2D eigenvalue weighted by Gasteiger charge is 2.36. The van der Waals surface area contributed by atoms with Crippen molar-refractivity contribution < 1.29 is 4.42 Å². The van der Waals surface area contributed by atoms with Gasteiger partial charge in [0.25, 0.3) is 0 Å². The molecule has 0 saturated heterocycles. The van der Waals surface area contributed by atoms with Gasteiger partial charge in [-0.05, 0) is 103 Å². The number of nitrogens with zero attached hydrogens (tertiary/aromatic N) is 1. The molecule has 0 N–H and O–H groups in total. The van der Waals surface area contributed by atoms with Crippen LogP contribution in [0.4, 0.5) is 17.1 Å². The van der Waals surface area contributed by atoms with Crippen LogP contribution in [-0.2, 0) is 5.41 Å². The Balaban J connectivity index is 1.22. The van der Waals surface area contributed by atoms with E-state index in [4.69, 9.17) is 4.42 Å². The van der Waals surface area contributed by atoms with E-state index < -0.39 is 0 Å². The summed E-state index contributed by atoms with van der Waals surface area (Å²) in [4.78, 5) is 2.47. The van der Waals surface area contributed by atoms with Gasteiger partial charge in [-0.1, -0.05) is 141 Å². The summed E-state index contributed by atoms with van der Waals surface area (Å²) in [6.45, 7) is 4.72. The lowest BCUT2D eigenvalue weighted by atomic mass is 9.82. The van der Waals surface area contributed by atoms with Crippen molar-refractivity contribution in [1.82, 2.24) is 0 Å². The lowest BCUT2D eigenvalue weighted by Gasteiger charge is -2.30. The van der Waals surface area contributed by atoms with Crippen LogP contribution >= 0.6 is 0 Å². The van der Waals surface area contributed by atoms with Gasteiger partial charge in [0, 0.05) is 38.5 Å². The maximum atomic E-state index is 6.42. The molecule has 0 atom stereocenters. The van der Waals surface area contributed by atoms with Crippen molar-refractivity contribution in [2.45, 2.75) is 19.3 Å². The lowest BCUT2D eigenvalue weighted by Crippen LogP contribution is -2.16. The van der Waals surface area contributed by atoms with Crippen molar-refractivity contribution in [2.24, 2.45) is 0 Å². The predicted molar refractivity (Wildman–Crippen MR) is 224 cm³/mol. The number of anilines is 3. The Kier molecular flexibility index (Phi) is 6.33. The van der Waals surface area contributed by atoms with Gasteiger partial charge in [-0.25, -0.2) is 0 Å². The largest absolute Gasteiger partial charge is 0.456 e. The average Bonchev–Trinajstić information content (AvgIpc) is 3.70. The molecule has 1 heterocycles. The van der Waals surface area contributed by atoms with E-state index >= 15 is 0 Å². The zero-order valence-corrected chi connectivity index (χ0v) is 29.6. The van der Waals surface area contributed by atoms with Gasteiger partial charge >= 0.3 is 0 Å². The highest BCUT2D eigenvalue weighted by molar-refractivity contribution is 6.34. The minimum atomic E-state index is -0.121. The lowest BCUT2D eigenvalue weighted by molar-refractivity contribution is 0.660. The zero-order valence-electron chi connectivity index (χ0n) is 29.6. The molecule has 11 rings (SSSR count). The molecule has 0 aliphatic heterocycles. The third-order valence-electron chi connectivity index (χ3n) is 11.6. The first-order chi connectivity index (χ1) is 26.1. The van der Waals surface area contributed by atoms with Gasteiger partial charge in [0.1, 0.15) is 11.2 Å². The molecule has 2 heteroatoms. The average molecular weight is 678 g/mol. The molecule has 0 unspecified atom stereocenters. The molecule has 1 aliphatic carbocycles. The minimum absolute atomic E-state index is 0.121. The quantitative estimate of drug-likeness (QED) is 0.172. The van der Waals surface area contributed by atoms with Gasteiger partial charge in [-0.3, -0.25) is 0 Å².